The number of nitrogens with one attached hydrogen (secondary N) is 2. The van der Waals surface area contributed by atoms with E-state index in [0.29, 0.717) is 54.0 Å². The van der Waals surface area contributed by atoms with Crippen molar-refractivity contribution >= 4 is 45.9 Å². The Morgan fingerprint density at radius 3 is 2.57 bits per heavy atom. The maximum Gasteiger partial charge on any atom is 0.329 e. The largest absolute Gasteiger partial charge is 0.372 e. The molecule has 4 fully saturated rings. The summed E-state index contributed by atoms with van der Waals surface area (Å²) in [5, 5.41) is 13.6. The Bertz CT molecular complexity index is 2670. The minimum absolute atomic E-state index is 0.0124. The maximum atomic E-state index is 14.3. The monoisotopic (exact) mass is 865 g/mol. The highest BCUT2D eigenvalue weighted by Crippen LogP contribution is 2.36. The predicted molar refractivity (Wildman–Crippen MR) is 231 cm³/mol. The van der Waals surface area contributed by atoms with Gasteiger partial charge in [0.15, 0.2) is 11.3 Å². The van der Waals surface area contributed by atoms with Crippen LogP contribution in [-0.4, -0.2) is 101 Å². The highest BCUT2D eigenvalue weighted by atomic mass is 19.3. The number of anilines is 2. The summed E-state index contributed by atoms with van der Waals surface area (Å²) in [6.45, 7) is 8.82. The van der Waals surface area contributed by atoms with Crippen molar-refractivity contribution in [2.45, 2.75) is 95.7 Å². The van der Waals surface area contributed by atoms with Crippen LogP contribution >= 0.6 is 0 Å². The summed E-state index contributed by atoms with van der Waals surface area (Å²) in [4.78, 5) is 60.6. The third-order valence-corrected chi connectivity index (χ3v) is 13.2. The topological polar surface area (TPSA) is 166 Å². The van der Waals surface area contributed by atoms with Crippen LogP contribution in [0.3, 0.4) is 0 Å². The number of amides is 3. The van der Waals surface area contributed by atoms with Gasteiger partial charge in [0.2, 0.25) is 11.8 Å². The van der Waals surface area contributed by atoms with Gasteiger partial charge >= 0.3 is 5.69 Å². The number of ether oxygens (including phenoxy) is 1. The molecule has 1 saturated carbocycles. The van der Waals surface area contributed by atoms with Crippen LogP contribution in [0.4, 0.5) is 20.3 Å². The number of fused-ring (bicyclic) bond motifs is 2. The Morgan fingerprint density at radius 2 is 1.83 bits per heavy atom. The van der Waals surface area contributed by atoms with E-state index < -0.39 is 30.0 Å². The zero-order valence-corrected chi connectivity index (χ0v) is 35.9. The Labute approximate surface area is 362 Å². The number of hydrogen-bond donors (Lipinski definition) is 2. The van der Waals surface area contributed by atoms with E-state index >= 15 is 0 Å². The molecule has 4 aromatic heterocycles. The van der Waals surface area contributed by atoms with Gasteiger partial charge in [-0.25, -0.2) is 23.1 Å². The number of alkyl halides is 2. The fourth-order valence-corrected chi connectivity index (χ4v) is 9.84. The number of imide groups is 1. The van der Waals surface area contributed by atoms with Crippen LogP contribution in [0.25, 0.3) is 16.7 Å². The van der Waals surface area contributed by atoms with E-state index in [2.05, 4.69) is 42.5 Å². The second kappa shape index (κ2) is 17.3. The molecular weight excluding hydrogens is 813 g/mol. The van der Waals surface area contributed by atoms with Crippen LogP contribution in [0, 0.1) is 23.7 Å². The standard InChI is InChI=1S/C45H53F2N11O5/c1-45(2)27-55(22-23-63-45)36-18-21-56-41(50-36)32(24-48-56)42(60)49-33-26-57(52-38(33)40(46)47)31-12-10-29(11-13-31)25-54-19-16-28(17-20-54)6-4-7-30-8-5-9-34-39(30)53(3)44(62)58(34)35-14-15-37(59)51-43(35)61/h5,8-9,18,21,24,26,28-29,31,35,40H,6,10-17,19-20,22-23,25,27H2,1-3H3,(H,49,60)(H,51,59,61)/t29-,31-,35?. The van der Waals surface area contributed by atoms with E-state index in [1.165, 1.54) is 26.0 Å². The minimum atomic E-state index is -2.87. The molecule has 332 valence electrons. The van der Waals surface area contributed by atoms with Gasteiger partial charge in [-0.15, -0.1) is 0 Å². The first-order chi connectivity index (χ1) is 30.3. The van der Waals surface area contributed by atoms with Crippen LogP contribution in [0.15, 0.2) is 47.7 Å². The van der Waals surface area contributed by atoms with E-state index in [1.807, 2.05) is 38.1 Å². The quantitative estimate of drug-likeness (QED) is 0.148. The summed E-state index contributed by atoms with van der Waals surface area (Å²) >= 11 is 0. The first-order valence-electron chi connectivity index (χ1n) is 22.0. The molecule has 1 aliphatic carbocycles. The lowest BCUT2D eigenvalue weighted by atomic mass is 9.85. The van der Waals surface area contributed by atoms with E-state index in [9.17, 15) is 28.0 Å². The number of nitrogens with zero attached hydrogens (tertiary/aromatic N) is 9. The van der Waals surface area contributed by atoms with E-state index in [1.54, 1.807) is 17.9 Å². The van der Waals surface area contributed by atoms with Crippen molar-refractivity contribution in [3.63, 3.8) is 0 Å². The van der Waals surface area contributed by atoms with Gasteiger partial charge in [0.25, 0.3) is 12.3 Å². The van der Waals surface area contributed by atoms with Gasteiger partial charge in [-0.2, -0.15) is 10.2 Å². The lowest BCUT2D eigenvalue weighted by Crippen LogP contribution is -2.48. The third kappa shape index (κ3) is 8.72. The van der Waals surface area contributed by atoms with Crippen LogP contribution in [-0.2, 0) is 21.4 Å². The van der Waals surface area contributed by atoms with Gasteiger partial charge in [-0.1, -0.05) is 17.9 Å². The number of imidazole rings is 1. The van der Waals surface area contributed by atoms with Crippen LogP contribution in [0.2, 0.25) is 0 Å². The number of benzene rings is 1. The van der Waals surface area contributed by atoms with Gasteiger partial charge in [0.05, 0.1) is 46.7 Å². The van der Waals surface area contributed by atoms with Gasteiger partial charge in [0.1, 0.15) is 17.4 Å². The van der Waals surface area contributed by atoms with E-state index in [0.717, 1.165) is 70.1 Å². The van der Waals surface area contributed by atoms with Crippen molar-refractivity contribution in [1.29, 1.82) is 0 Å². The summed E-state index contributed by atoms with van der Waals surface area (Å²) in [5.74, 6) is 6.96. The number of para-hydroxylation sites is 1. The molecule has 63 heavy (non-hydrogen) atoms. The summed E-state index contributed by atoms with van der Waals surface area (Å²) < 4.78 is 40.6. The first kappa shape index (κ1) is 42.4. The number of halogens is 2. The third-order valence-electron chi connectivity index (χ3n) is 13.2. The van der Waals surface area contributed by atoms with Gasteiger partial charge < -0.3 is 19.9 Å². The molecule has 18 heteroatoms. The summed E-state index contributed by atoms with van der Waals surface area (Å²) in [6.07, 6.45) is 8.62. The molecule has 1 atom stereocenters. The SMILES string of the molecule is Cn1c(=O)n(C2CCC(=O)NC2=O)c2cccc(C#CCC3CCN(C[C@H]4CC[C@H](n5cc(NC(=O)c6cnn7ccc(N8CCOC(C)(C)C8)nc67)c(C(F)F)n5)CC4)CC3)c21. The van der Waals surface area contributed by atoms with Crippen molar-refractivity contribution in [1.82, 2.24) is 43.7 Å². The number of aromatic nitrogens is 7. The summed E-state index contributed by atoms with van der Waals surface area (Å²) in [7, 11) is 1.69. The number of aryl methyl sites for hydroxylation is 1. The number of rotatable bonds is 9. The second-order valence-corrected chi connectivity index (χ2v) is 18.1. The average Bonchev–Trinajstić information content (AvgIpc) is 3.96. The Hall–Kier alpha value is -5.93. The van der Waals surface area contributed by atoms with Crippen LogP contribution in [0.5, 0.6) is 0 Å². The molecule has 0 radical (unpaired) electrons. The molecule has 2 N–H and O–H groups in total. The number of hydrogen-bond acceptors (Lipinski definition) is 10. The Morgan fingerprint density at radius 1 is 1.03 bits per heavy atom. The summed E-state index contributed by atoms with van der Waals surface area (Å²) in [5.41, 5.74) is 1.43. The van der Waals surface area contributed by atoms with Gasteiger partial charge in [-0.3, -0.25) is 33.5 Å². The molecule has 3 aliphatic heterocycles. The predicted octanol–water partition coefficient (Wildman–Crippen LogP) is 5.25. The number of carbonyl (C=O) groups excluding carboxylic acids is 3. The zero-order valence-electron chi connectivity index (χ0n) is 35.9. The molecule has 9 rings (SSSR count). The number of morpholine rings is 1. The van der Waals surface area contributed by atoms with E-state index in [4.69, 9.17) is 9.72 Å². The molecule has 0 bridgehead atoms. The fraction of sp³-hybridized carbons (Fsp3) is 0.533. The maximum absolute atomic E-state index is 14.3. The second-order valence-electron chi connectivity index (χ2n) is 18.1. The van der Waals surface area contributed by atoms with Crippen molar-refractivity contribution in [3.8, 4) is 11.8 Å². The van der Waals surface area contributed by atoms with Crippen molar-refractivity contribution in [3.05, 3.63) is 70.2 Å². The Kier molecular flexibility index (Phi) is 11.7. The molecule has 5 aromatic rings. The molecule has 7 heterocycles. The summed E-state index contributed by atoms with van der Waals surface area (Å²) in [6, 6.07) is 6.61. The van der Waals surface area contributed by atoms with Gasteiger partial charge in [-0.05, 0) is 102 Å². The highest BCUT2D eigenvalue weighted by molar-refractivity contribution is 6.08. The van der Waals surface area contributed by atoms with Crippen molar-refractivity contribution in [2.75, 3.05) is 49.5 Å². The molecule has 4 aliphatic rings. The van der Waals surface area contributed by atoms with E-state index in [-0.39, 0.29) is 47.3 Å². The molecule has 1 unspecified atom stereocenters. The molecule has 0 spiro atoms. The molecule has 3 amide bonds. The smallest absolute Gasteiger partial charge is 0.329 e. The van der Waals surface area contributed by atoms with Gasteiger partial charge in [0, 0.05) is 51.9 Å². The van der Waals surface area contributed by atoms with Crippen LogP contribution < -0.4 is 21.2 Å². The zero-order chi connectivity index (χ0) is 44.0. The van der Waals surface area contributed by atoms with Crippen molar-refractivity contribution < 1.29 is 27.9 Å². The molecule has 3 saturated heterocycles. The normalized spacial score (nSPS) is 22.4. The number of carbonyl (C=O) groups is 3. The number of piperidine rings is 2. The molecule has 1 aromatic carbocycles. The Balaban J connectivity index is 0.770. The minimum Gasteiger partial charge on any atom is -0.372 e. The number of likely N-dealkylation sites (tertiary alicyclic amines) is 1. The lowest BCUT2D eigenvalue weighted by Gasteiger charge is -2.38. The average molecular weight is 866 g/mol. The lowest BCUT2D eigenvalue weighted by molar-refractivity contribution is -0.135. The highest BCUT2D eigenvalue weighted by Gasteiger charge is 2.33. The van der Waals surface area contributed by atoms with Crippen LogP contribution in [0.1, 0.15) is 112 Å². The van der Waals surface area contributed by atoms with Crippen molar-refractivity contribution in [2.24, 2.45) is 18.9 Å². The fourth-order valence-electron chi connectivity index (χ4n) is 9.84. The first-order valence-corrected chi connectivity index (χ1v) is 22.0. The molecular formula is C45H53F2N11O5. The molecule has 16 nitrogen and oxygen atoms in total.